The molecule has 0 aromatic heterocycles. The molecule has 1 saturated heterocycles. The molecule has 13 nitrogen and oxygen atoms in total. The maximum absolute atomic E-state index is 14.6. The Balaban J connectivity index is 0.803. The van der Waals surface area contributed by atoms with E-state index < -0.39 is 56.2 Å². The van der Waals surface area contributed by atoms with Gasteiger partial charge in [0, 0.05) is 54.5 Å². The van der Waals surface area contributed by atoms with Gasteiger partial charge in [-0.3, -0.25) is 4.55 Å². The number of aliphatic imine (C=N–C) groups is 1. The van der Waals surface area contributed by atoms with Crippen LogP contribution in [0.25, 0.3) is 10.8 Å². The average Bonchev–Trinajstić information content (AvgIpc) is 1.05. The van der Waals surface area contributed by atoms with E-state index in [9.17, 15) is 33.4 Å². The van der Waals surface area contributed by atoms with Crippen molar-refractivity contribution in [1.29, 1.82) is 0 Å². The first-order valence-corrected chi connectivity index (χ1v) is 37.5. The van der Waals surface area contributed by atoms with Gasteiger partial charge in [-0.25, -0.2) is 4.99 Å². The number of nitrogens with two attached hydrogens (primary N) is 2. The summed E-state index contributed by atoms with van der Waals surface area (Å²) in [6.45, 7) is 2.86. The molecule has 0 amide bonds. The van der Waals surface area contributed by atoms with Gasteiger partial charge in [-0.15, -0.1) is 0 Å². The number of fused-ring (bicyclic) bond motifs is 12. The fourth-order valence-corrected chi connectivity index (χ4v) is 21.8. The van der Waals surface area contributed by atoms with E-state index in [-0.39, 0.29) is 72.8 Å². The second kappa shape index (κ2) is 25.1. The Labute approximate surface area is 571 Å². The standard InChI is InChI=1S/C83H92N4O9S/c1-48-16-17-54-39-65-25-28-67(54)71(48)43-75(97(92,93)94)72-41-60-37-59(40-66-34-50(47-88)11-6-12-53-38-64(89)24-27-70(53)79(60)95-66)76(72)51-18-22-62(23-19-51)83(96-65,87-80(84)85)45-63(33-49-9-4-3-5-10-49)81(90)31-8-14-58(44-81)52-21-29-73-56(35-52)20-26-69-61(46-86-2)36-57-13-7-15-68-55-30-32-82(73,91)74(42-55)78(69)77(57)68/h3-5,7,9-10,13,15,18-19,21-25,27-29,35-36,38-39,41,48,50,55,58-59,63,66,71-72,74-76,79,86,88-91H,8,11,14,16-17,20,26,30-34,37,40,42-47H2,1-2H3,(H4,84,85,87)(H,92,93,94)/t48-,50+,55-,58+,59-,63-,66-,71+,72-,74+,75-,76+,79-,81-,82+,83-/m1/s1. The normalized spacial score (nSPS) is 31.8. The number of nitrogens with zero attached hydrogens (tertiary/aromatic N) is 1. The molecule has 6 aliphatic carbocycles. The molecule has 11 aliphatic rings. The molecule has 14 heteroatoms. The molecular weight excluding hydrogens is 1230 g/mol. The highest BCUT2D eigenvalue weighted by molar-refractivity contribution is 7.86. The number of ether oxygens (including phenoxy) is 2. The summed E-state index contributed by atoms with van der Waals surface area (Å²) in [5.41, 5.74) is 25.5. The van der Waals surface area contributed by atoms with E-state index in [1.54, 1.807) is 12.1 Å². The van der Waals surface area contributed by atoms with Crippen LogP contribution in [0.3, 0.4) is 0 Å². The average molecular weight is 1320 g/mol. The molecule has 12 bridgehead atoms. The zero-order valence-electron chi connectivity index (χ0n) is 55.8. The fourth-order valence-electron chi connectivity index (χ4n) is 20.7. The summed E-state index contributed by atoms with van der Waals surface area (Å²) >= 11 is 0. The van der Waals surface area contributed by atoms with Crippen molar-refractivity contribution in [2.24, 2.45) is 46.0 Å². The number of phenolic OH excluding ortho intramolecular Hbond substituents is 1. The summed E-state index contributed by atoms with van der Waals surface area (Å²) in [4.78, 5) is 5.27. The highest BCUT2D eigenvalue weighted by atomic mass is 32.2. The lowest BCUT2D eigenvalue weighted by Gasteiger charge is -2.50. The summed E-state index contributed by atoms with van der Waals surface area (Å²) in [7, 11) is -2.70. The quantitative estimate of drug-likeness (QED) is 0.0199. The van der Waals surface area contributed by atoms with Crippen LogP contribution in [-0.4, -0.2) is 70.0 Å². The number of allylic oxidation sites excluding steroid dienone is 1. The minimum absolute atomic E-state index is 0.00159. The van der Waals surface area contributed by atoms with Crippen LogP contribution < -0.4 is 21.5 Å². The summed E-state index contributed by atoms with van der Waals surface area (Å²) in [6.07, 6.45) is 12.5. The number of aliphatic hydroxyl groups excluding tert-OH is 1. The number of hydrogen-bond acceptors (Lipinski definition) is 10. The maximum atomic E-state index is 14.6. The number of benzene rings is 7. The Morgan fingerprint density at radius 3 is 2.44 bits per heavy atom. The predicted octanol–water partition coefficient (Wildman–Crippen LogP) is 13.7. The topological polar surface area (TPSA) is 230 Å². The zero-order valence-corrected chi connectivity index (χ0v) is 56.6. The number of aromatic hydroxyl groups is 1. The smallest absolute Gasteiger partial charge is 0.268 e. The number of rotatable bonds is 11. The first-order chi connectivity index (χ1) is 46.9. The molecule has 18 rings (SSSR count). The van der Waals surface area contributed by atoms with Crippen LogP contribution in [0, 0.1) is 41.4 Å². The summed E-state index contributed by atoms with van der Waals surface area (Å²) < 4.78 is 56.0. The Hall–Kier alpha value is -7.32. The first kappa shape index (κ1) is 64.4. The van der Waals surface area contributed by atoms with Gasteiger partial charge >= 0.3 is 0 Å². The van der Waals surface area contributed by atoms with Crippen molar-refractivity contribution < 1.29 is 42.9 Å². The van der Waals surface area contributed by atoms with E-state index in [4.69, 9.17) is 25.9 Å². The Morgan fingerprint density at radius 1 is 0.814 bits per heavy atom. The Kier molecular flexibility index (Phi) is 16.7. The lowest BCUT2D eigenvalue weighted by atomic mass is 9.57. The summed E-state index contributed by atoms with van der Waals surface area (Å²) in [6, 6.07) is 45.9. The minimum atomic E-state index is -4.73. The van der Waals surface area contributed by atoms with Crippen molar-refractivity contribution in [2.45, 2.75) is 193 Å². The molecule has 5 heterocycles. The van der Waals surface area contributed by atoms with E-state index >= 15 is 0 Å². The number of aryl methyl sites for hydroxylation is 2. The lowest BCUT2D eigenvalue weighted by molar-refractivity contribution is -0.0834. The van der Waals surface area contributed by atoms with E-state index in [1.807, 2.05) is 49.5 Å². The molecular formula is C83H92N4O9S. The molecule has 7 aromatic rings. The van der Waals surface area contributed by atoms with Gasteiger partial charge < -0.3 is 46.7 Å². The molecule has 0 radical (unpaired) electrons. The molecule has 16 atom stereocenters. The van der Waals surface area contributed by atoms with Crippen molar-refractivity contribution in [2.75, 3.05) is 13.7 Å². The first-order valence-electron chi connectivity index (χ1n) is 36.0. The number of aliphatic hydroxyl groups is 3. The molecule has 10 N–H and O–H groups in total. The fraction of sp³-hybridized carbons (Fsp3) is 0.458. The third-order valence-electron chi connectivity index (χ3n) is 25.2. The van der Waals surface area contributed by atoms with Crippen LogP contribution >= 0.6 is 0 Å². The molecule has 7 aromatic carbocycles. The predicted molar refractivity (Wildman–Crippen MR) is 379 cm³/mol. The van der Waals surface area contributed by atoms with Crippen LogP contribution in [0.4, 0.5) is 0 Å². The van der Waals surface area contributed by atoms with Crippen LogP contribution in [-0.2, 0) is 58.4 Å². The monoisotopic (exact) mass is 1320 g/mol. The Bertz CT molecular complexity index is 4460. The maximum Gasteiger partial charge on any atom is 0.268 e. The third kappa shape index (κ3) is 11.6. The number of nitrogens with one attached hydrogen (secondary N) is 1. The van der Waals surface area contributed by atoms with Crippen LogP contribution in [0.5, 0.6) is 11.5 Å². The van der Waals surface area contributed by atoms with Crippen molar-refractivity contribution in [3.8, 4) is 23.3 Å². The van der Waals surface area contributed by atoms with Crippen LogP contribution in [0.1, 0.15) is 210 Å². The lowest BCUT2D eigenvalue weighted by Crippen LogP contribution is -2.48. The SMILES string of the molecule is CNCc1cc2cccc3c2c2c1CCc1cc([C@H]4CCC[C@](O)([C@H](Cc5ccccc5)C[C@@]5(N=C(N)N)Oc6ccc7c(c6)CC[C@@H](C)[C@@H]7C[C@@H](S(=O)(=O)O)[C@H]6C=C7C[C@H](C[C@H]8C[C@@H](CO)CC#Cc9cc(O)ccc9[C@@H]7O8)[C@@H]6c6ccc5cc6)C4)ccc1[C@@]1(O)CC[C@@H]3C[C@@H]21. The van der Waals surface area contributed by atoms with E-state index in [0.717, 1.165) is 96.9 Å². The van der Waals surface area contributed by atoms with Gasteiger partial charge in [0.2, 0.25) is 5.72 Å². The van der Waals surface area contributed by atoms with Gasteiger partial charge in [0.1, 0.15) is 17.6 Å². The van der Waals surface area contributed by atoms with Crippen LogP contribution in [0.2, 0.25) is 0 Å². The van der Waals surface area contributed by atoms with E-state index in [2.05, 4.69) is 109 Å². The number of phenols is 1. The summed E-state index contributed by atoms with van der Waals surface area (Å²) in [5, 5.41) is 54.1. The van der Waals surface area contributed by atoms with Gasteiger partial charge in [0.25, 0.3) is 10.1 Å². The summed E-state index contributed by atoms with van der Waals surface area (Å²) in [5.74, 6) is 5.33. The molecule has 0 spiro atoms. The van der Waals surface area contributed by atoms with Crippen molar-refractivity contribution in [1.82, 2.24) is 5.32 Å². The highest BCUT2D eigenvalue weighted by Gasteiger charge is 2.54. The number of hydrogen-bond donors (Lipinski definition) is 8. The van der Waals surface area contributed by atoms with Gasteiger partial charge in [-0.1, -0.05) is 128 Å². The molecule has 5 aliphatic heterocycles. The third-order valence-corrected chi connectivity index (χ3v) is 26.5. The van der Waals surface area contributed by atoms with Crippen molar-refractivity contribution >= 4 is 26.9 Å². The van der Waals surface area contributed by atoms with Gasteiger partial charge in [0.15, 0.2) is 5.96 Å². The molecule has 504 valence electrons. The van der Waals surface area contributed by atoms with Crippen molar-refractivity contribution in [3.05, 3.63) is 223 Å². The Morgan fingerprint density at radius 2 is 1.64 bits per heavy atom. The molecule has 2 saturated carbocycles. The van der Waals surface area contributed by atoms with Gasteiger partial charge in [-0.05, 0) is 265 Å². The second-order valence-corrected chi connectivity index (χ2v) is 32.5. The second-order valence-electron chi connectivity index (χ2n) is 30.8. The molecule has 3 fully saturated rings. The largest absolute Gasteiger partial charge is 0.508 e. The van der Waals surface area contributed by atoms with Crippen molar-refractivity contribution in [3.63, 3.8) is 0 Å². The van der Waals surface area contributed by atoms with Gasteiger partial charge in [-0.2, -0.15) is 8.42 Å². The van der Waals surface area contributed by atoms with E-state index in [1.165, 1.54) is 44.2 Å². The van der Waals surface area contributed by atoms with Gasteiger partial charge in [0.05, 0.1) is 22.6 Å². The highest BCUT2D eigenvalue weighted by Crippen LogP contribution is 2.61. The van der Waals surface area contributed by atoms with E-state index in [0.29, 0.717) is 74.2 Å². The zero-order chi connectivity index (χ0) is 66.7. The molecule has 97 heavy (non-hydrogen) atoms. The minimum Gasteiger partial charge on any atom is -0.508 e. The number of guanidine groups is 1. The molecule has 0 unspecified atom stereocenters. The van der Waals surface area contributed by atoms with Crippen LogP contribution in [0.15, 0.2) is 150 Å².